The molecule has 23 heavy (non-hydrogen) atoms. The third-order valence-electron chi connectivity index (χ3n) is 2.83. The first-order valence-corrected chi connectivity index (χ1v) is 8.47. The summed E-state index contributed by atoms with van der Waals surface area (Å²) in [5.74, 6) is 0.855. The van der Waals surface area contributed by atoms with E-state index in [0.717, 1.165) is 5.56 Å². The Kier molecular flexibility index (Phi) is 6.50. The maximum atomic E-state index is 11.9. The standard InChI is InChI=1S/C17H16ClNO3S/c1-12(20)22-15-7-4-6-14(9-15)19-17(21)11-23-10-13-5-2-3-8-16(13)18/h2-9H,10-11H2,1H3,(H,19,21). The molecule has 0 saturated carbocycles. The van der Waals surface area contributed by atoms with Crippen molar-refractivity contribution in [3.05, 3.63) is 59.1 Å². The first-order valence-electron chi connectivity index (χ1n) is 6.94. The molecule has 0 heterocycles. The maximum Gasteiger partial charge on any atom is 0.308 e. The molecule has 1 amide bonds. The topological polar surface area (TPSA) is 55.4 Å². The van der Waals surface area contributed by atoms with Crippen molar-refractivity contribution in [3.8, 4) is 5.75 Å². The number of halogens is 1. The number of esters is 1. The first kappa shape index (κ1) is 17.4. The van der Waals surface area contributed by atoms with Gasteiger partial charge in [-0.05, 0) is 23.8 Å². The van der Waals surface area contributed by atoms with E-state index in [9.17, 15) is 9.59 Å². The summed E-state index contributed by atoms with van der Waals surface area (Å²) in [6.07, 6.45) is 0. The summed E-state index contributed by atoms with van der Waals surface area (Å²) in [6.45, 7) is 1.33. The normalized spacial score (nSPS) is 10.2. The van der Waals surface area contributed by atoms with Gasteiger partial charge in [-0.1, -0.05) is 35.9 Å². The summed E-state index contributed by atoms with van der Waals surface area (Å²) in [5, 5.41) is 3.48. The van der Waals surface area contributed by atoms with Crippen molar-refractivity contribution >= 4 is 40.9 Å². The van der Waals surface area contributed by atoms with Gasteiger partial charge in [-0.3, -0.25) is 9.59 Å². The van der Waals surface area contributed by atoms with Gasteiger partial charge in [-0.15, -0.1) is 11.8 Å². The first-order chi connectivity index (χ1) is 11.0. The van der Waals surface area contributed by atoms with Crippen LogP contribution < -0.4 is 10.1 Å². The predicted octanol–water partition coefficient (Wildman–Crippen LogP) is 4.14. The lowest BCUT2D eigenvalue weighted by Crippen LogP contribution is -2.14. The van der Waals surface area contributed by atoms with Gasteiger partial charge in [0, 0.05) is 29.5 Å². The largest absolute Gasteiger partial charge is 0.427 e. The van der Waals surface area contributed by atoms with Gasteiger partial charge in [0.15, 0.2) is 0 Å². The average Bonchev–Trinajstić information content (AvgIpc) is 2.49. The van der Waals surface area contributed by atoms with Crippen LogP contribution in [-0.4, -0.2) is 17.6 Å². The lowest BCUT2D eigenvalue weighted by molar-refractivity contribution is -0.131. The molecule has 2 aromatic rings. The van der Waals surface area contributed by atoms with Crippen LogP contribution >= 0.6 is 23.4 Å². The molecule has 0 spiro atoms. The zero-order valence-corrected chi connectivity index (χ0v) is 14.1. The highest BCUT2D eigenvalue weighted by Gasteiger charge is 2.06. The van der Waals surface area contributed by atoms with Crippen molar-refractivity contribution in [2.45, 2.75) is 12.7 Å². The Bertz CT molecular complexity index is 706. The van der Waals surface area contributed by atoms with E-state index in [4.69, 9.17) is 16.3 Å². The molecule has 0 aliphatic rings. The van der Waals surface area contributed by atoms with E-state index in [1.54, 1.807) is 24.3 Å². The summed E-state index contributed by atoms with van der Waals surface area (Å²) < 4.78 is 4.98. The smallest absolute Gasteiger partial charge is 0.308 e. The zero-order valence-electron chi connectivity index (χ0n) is 12.5. The Morgan fingerprint density at radius 1 is 1.17 bits per heavy atom. The van der Waals surface area contributed by atoms with Gasteiger partial charge in [0.25, 0.3) is 0 Å². The molecule has 0 aliphatic carbocycles. The molecule has 0 aliphatic heterocycles. The second kappa shape index (κ2) is 8.60. The van der Waals surface area contributed by atoms with Gasteiger partial charge in [0.05, 0.1) is 5.75 Å². The van der Waals surface area contributed by atoms with Crippen LogP contribution in [0.2, 0.25) is 5.02 Å². The summed E-state index contributed by atoms with van der Waals surface area (Å²) in [5.41, 5.74) is 1.59. The van der Waals surface area contributed by atoms with Crippen LogP contribution in [0.15, 0.2) is 48.5 Å². The summed E-state index contributed by atoms with van der Waals surface area (Å²) in [6, 6.07) is 14.3. The van der Waals surface area contributed by atoms with E-state index >= 15 is 0 Å². The molecule has 0 atom stereocenters. The number of ether oxygens (including phenoxy) is 1. The van der Waals surface area contributed by atoms with E-state index in [1.165, 1.54) is 18.7 Å². The molecule has 0 aromatic heterocycles. The Labute approximate surface area is 144 Å². The second-order valence-corrected chi connectivity index (χ2v) is 6.15. The molecule has 2 aromatic carbocycles. The summed E-state index contributed by atoms with van der Waals surface area (Å²) >= 11 is 7.55. The van der Waals surface area contributed by atoms with Crippen molar-refractivity contribution in [3.63, 3.8) is 0 Å². The van der Waals surface area contributed by atoms with E-state index < -0.39 is 5.97 Å². The minimum Gasteiger partial charge on any atom is -0.427 e. The van der Waals surface area contributed by atoms with E-state index in [2.05, 4.69) is 5.32 Å². The molecular weight excluding hydrogens is 334 g/mol. The fourth-order valence-corrected chi connectivity index (χ4v) is 2.98. The van der Waals surface area contributed by atoms with Crippen LogP contribution in [0.4, 0.5) is 5.69 Å². The van der Waals surface area contributed by atoms with Crippen molar-refractivity contribution in [1.29, 1.82) is 0 Å². The quantitative estimate of drug-likeness (QED) is 0.629. The molecule has 0 unspecified atom stereocenters. The number of hydrogen-bond acceptors (Lipinski definition) is 4. The monoisotopic (exact) mass is 349 g/mol. The van der Waals surface area contributed by atoms with Crippen molar-refractivity contribution in [2.24, 2.45) is 0 Å². The fourth-order valence-electron chi connectivity index (χ4n) is 1.87. The van der Waals surface area contributed by atoms with Crippen LogP contribution in [0.25, 0.3) is 0 Å². The van der Waals surface area contributed by atoms with Crippen LogP contribution in [0, 0.1) is 0 Å². The zero-order chi connectivity index (χ0) is 16.7. The average molecular weight is 350 g/mol. The molecule has 4 nitrogen and oxygen atoms in total. The van der Waals surface area contributed by atoms with Crippen molar-refractivity contribution in [1.82, 2.24) is 0 Å². The molecule has 6 heteroatoms. The molecule has 0 radical (unpaired) electrons. The van der Waals surface area contributed by atoms with Crippen LogP contribution in [-0.2, 0) is 15.3 Å². The minimum atomic E-state index is -0.399. The van der Waals surface area contributed by atoms with Gasteiger partial charge in [-0.25, -0.2) is 0 Å². The van der Waals surface area contributed by atoms with Crippen LogP contribution in [0.1, 0.15) is 12.5 Å². The maximum absolute atomic E-state index is 11.9. The molecule has 0 fully saturated rings. The Balaban J connectivity index is 1.83. The lowest BCUT2D eigenvalue weighted by Gasteiger charge is -2.08. The van der Waals surface area contributed by atoms with Crippen molar-refractivity contribution in [2.75, 3.05) is 11.1 Å². The SMILES string of the molecule is CC(=O)Oc1cccc(NC(=O)CSCc2ccccc2Cl)c1. The number of hydrogen-bond donors (Lipinski definition) is 1. The van der Waals surface area contributed by atoms with Gasteiger partial charge in [0.2, 0.25) is 5.91 Å². The summed E-state index contributed by atoms with van der Waals surface area (Å²) in [7, 11) is 0. The minimum absolute atomic E-state index is 0.123. The highest BCUT2D eigenvalue weighted by atomic mass is 35.5. The van der Waals surface area contributed by atoms with Gasteiger partial charge in [-0.2, -0.15) is 0 Å². The number of carbonyl (C=O) groups excluding carboxylic acids is 2. The van der Waals surface area contributed by atoms with Crippen LogP contribution in [0.5, 0.6) is 5.75 Å². The van der Waals surface area contributed by atoms with Gasteiger partial charge < -0.3 is 10.1 Å². The number of thioether (sulfide) groups is 1. The number of anilines is 1. The van der Waals surface area contributed by atoms with Crippen LogP contribution in [0.3, 0.4) is 0 Å². The molecular formula is C17H16ClNO3S. The Morgan fingerprint density at radius 2 is 1.96 bits per heavy atom. The Hall–Kier alpha value is -1.98. The number of benzene rings is 2. The molecule has 120 valence electrons. The number of nitrogens with one attached hydrogen (secondary N) is 1. The molecule has 1 N–H and O–H groups in total. The molecule has 0 bridgehead atoms. The lowest BCUT2D eigenvalue weighted by atomic mass is 10.2. The highest BCUT2D eigenvalue weighted by molar-refractivity contribution is 7.99. The second-order valence-electron chi connectivity index (χ2n) is 4.75. The Morgan fingerprint density at radius 3 is 2.70 bits per heavy atom. The fraction of sp³-hybridized carbons (Fsp3) is 0.176. The number of amides is 1. The van der Waals surface area contributed by atoms with E-state index in [-0.39, 0.29) is 5.91 Å². The van der Waals surface area contributed by atoms with Gasteiger partial charge >= 0.3 is 5.97 Å². The third kappa shape index (κ3) is 5.96. The number of carbonyl (C=O) groups is 2. The van der Waals surface area contributed by atoms with E-state index in [0.29, 0.717) is 28.0 Å². The number of rotatable bonds is 6. The van der Waals surface area contributed by atoms with Gasteiger partial charge in [0.1, 0.15) is 5.75 Å². The molecule has 2 rings (SSSR count). The molecule has 0 saturated heterocycles. The third-order valence-corrected chi connectivity index (χ3v) is 4.18. The predicted molar refractivity (Wildman–Crippen MR) is 94.0 cm³/mol. The highest BCUT2D eigenvalue weighted by Crippen LogP contribution is 2.21. The summed E-state index contributed by atoms with van der Waals surface area (Å²) in [4.78, 5) is 22.9. The van der Waals surface area contributed by atoms with E-state index in [1.807, 2.05) is 24.3 Å². The van der Waals surface area contributed by atoms with Crippen molar-refractivity contribution < 1.29 is 14.3 Å².